The summed E-state index contributed by atoms with van der Waals surface area (Å²) in [6, 6.07) is 8.94. The van der Waals surface area contributed by atoms with E-state index >= 15 is 0 Å². The number of hydrogen-bond acceptors (Lipinski definition) is 5. The van der Waals surface area contributed by atoms with Gasteiger partial charge in [-0.1, -0.05) is 24.3 Å². The van der Waals surface area contributed by atoms with Crippen LogP contribution in [0.3, 0.4) is 0 Å². The smallest absolute Gasteiger partial charge is 0.191 e. The zero-order chi connectivity index (χ0) is 21.2. The molecule has 0 bridgehead atoms. The molecule has 6 nitrogen and oxygen atoms in total. The van der Waals surface area contributed by atoms with Gasteiger partial charge >= 0.3 is 0 Å². The van der Waals surface area contributed by atoms with Crippen LogP contribution in [-0.4, -0.2) is 67.1 Å². The van der Waals surface area contributed by atoms with Crippen LogP contribution in [0.2, 0.25) is 0 Å². The molecule has 2 N–H and O–H groups in total. The fourth-order valence-corrected chi connectivity index (χ4v) is 4.37. The first kappa shape index (κ1) is 26.0. The molecular formula is C23H37IN6S. The van der Waals surface area contributed by atoms with Gasteiger partial charge in [-0.05, 0) is 51.5 Å². The minimum atomic E-state index is 0. The van der Waals surface area contributed by atoms with Crippen LogP contribution < -0.4 is 10.6 Å². The molecule has 1 saturated heterocycles. The summed E-state index contributed by atoms with van der Waals surface area (Å²) in [5.74, 6) is 0.864. The molecule has 1 aromatic carbocycles. The van der Waals surface area contributed by atoms with E-state index in [2.05, 4.69) is 70.6 Å². The quantitative estimate of drug-likeness (QED) is 0.296. The number of thiazole rings is 1. The summed E-state index contributed by atoms with van der Waals surface area (Å²) in [6.45, 7) is 12.3. The Balaban J connectivity index is 0.00000341. The average molecular weight is 557 g/mol. The highest BCUT2D eigenvalue weighted by molar-refractivity contribution is 14.0. The first-order chi connectivity index (χ1) is 14.6. The minimum absolute atomic E-state index is 0. The topological polar surface area (TPSA) is 55.8 Å². The predicted molar refractivity (Wildman–Crippen MR) is 143 cm³/mol. The largest absolute Gasteiger partial charge is 0.357 e. The van der Waals surface area contributed by atoms with E-state index < -0.39 is 0 Å². The van der Waals surface area contributed by atoms with Crippen LogP contribution in [0.4, 0.5) is 0 Å². The van der Waals surface area contributed by atoms with Gasteiger partial charge in [-0.25, -0.2) is 9.98 Å². The number of nitrogens with zero attached hydrogens (tertiary/aromatic N) is 4. The molecule has 0 radical (unpaired) electrons. The number of aryl methyl sites for hydroxylation is 1. The molecule has 1 aliphatic rings. The van der Waals surface area contributed by atoms with E-state index in [1.165, 1.54) is 40.5 Å². The van der Waals surface area contributed by atoms with Gasteiger partial charge in [0.15, 0.2) is 5.96 Å². The van der Waals surface area contributed by atoms with Crippen molar-refractivity contribution in [1.29, 1.82) is 0 Å². The molecule has 0 unspecified atom stereocenters. The molecule has 1 fully saturated rings. The number of likely N-dealkylation sites (N-methyl/N-ethyl adjacent to an activating group) is 1. The van der Waals surface area contributed by atoms with Crippen LogP contribution in [0.15, 0.2) is 35.5 Å². The summed E-state index contributed by atoms with van der Waals surface area (Å²) in [4.78, 5) is 15.4. The fourth-order valence-electron chi connectivity index (χ4n) is 3.58. The predicted octanol–water partition coefficient (Wildman–Crippen LogP) is 3.50. The third-order valence-electron chi connectivity index (χ3n) is 5.31. The SMILES string of the molecule is CCNC(=NCc1ccc(CN2CCCN(C)CC2)cc1)NCCc1ncc(C)s1.I. The average Bonchev–Trinajstić information content (AvgIpc) is 3.04. The van der Waals surface area contributed by atoms with E-state index in [-0.39, 0.29) is 24.0 Å². The normalized spacial score (nSPS) is 15.9. The molecule has 31 heavy (non-hydrogen) atoms. The van der Waals surface area contributed by atoms with Crippen LogP contribution >= 0.6 is 35.3 Å². The van der Waals surface area contributed by atoms with Crippen molar-refractivity contribution >= 4 is 41.3 Å². The van der Waals surface area contributed by atoms with Crippen molar-refractivity contribution < 1.29 is 0 Å². The molecule has 0 aliphatic carbocycles. The van der Waals surface area contributed by atoms with E-state index in [4.69, 9.17) is 4.99 Å². The highest BCUT2D eigenvalue weighted by Gasteiger charge is 2.12. The van der Waals surface area contributed by atoms with Crippen molar-refractivity contribution in [2.45, 2.75) is 39.8 Å². The van der Waals surface area contributed by atoms with Crippen molar-refractivity contribution in [3.8, 4) is 0 Å². The van der Waals surface area contributed by atoms with Crippen LogP contribution in [0.25, 0.3) is 0 Å². The van der Waals surface area contributed by atoms with Crippen molar-refractivity contribution in [3.05, 3.63) is 51.5 Å². The highest BCUT2D eigenvalue weighted by Crippen LogP contribution is 2.12. The number of aromatic nitrogens is 1. The molecule has 0 atom stereocenters. The molecule has 2 heterocycles. The molecule has 1 aromatic heterocycles. The molecule has 0 saturated carbocycles. The maximum Gasteiger partial charge on any atom is 0.191 e. The second-order valence-electron chi connectivity index (χ2n) is 7.99. The van der Waals surface area contributed by atoms with Gasteiger partial charge < -0.3 is 15.5 Å². The van der Waals surface area contributed by atoms with E-state index in [9.17, 15) is 0 Å². The van der Waals surface area contributed by atoms with Crippen LogP contribution in [-0.2, 0) is 19.5 Å². The van der Waals surface area contributed by atoms with Crippen molar-refractivity contribution in [1.82, 2.24) is 25.4 Å². The zero-order valence-corrected chi connectivity index (χ0v) is 22.2. The minimum Gasteiger partial charge on any atom is -0.357 e. The monoisotopic (exact) mass is 556 g/mol. The third-order valence-corrected chi connectivity index (χ3v) is 6.28. The maximum absolute atomic E-state index is 4.75. The molecule has 2 aromatic rings. The van der Waals surface area contributed by atoms with E-state index in [0.29, 0.717) is 6.54 Å². The Morgan fingerprint density at radius 3 is 2.58 bits per heavy atom. The van der Waals surface area contributed by atoms with Crippen molar-refractivity contribution in [2.24, 2.45) is 4.99 Å². The summed E-state index contributed by atoms with van der Waals surface area (Å²) in [5.41, 5.74) is 2.62. The molecule has 3 rings (SSSR count). The van der Waals surface area contributed by atoms with Crippen molar-refractivity contribution in [2.75, 3.05) is 46.3 Å². The van der Waals surface area contributed by atoms with Gasteiger partial charge in [0.2, 0.25) is 0 Å². The molecule has 172 valence electrons. The van der Waals surface area contributed by atoms with Crippen molar-refractivity contribution in [3.63, 3.8) is 0 Å². The fraction of sp³-hybridized carbons (Fsp3) is 0.565. The van der Waals surface area contributed by atoms with Gasteiger partial charge in [0.05, 0.1) is 11.6 Å². The summed E-state index contributed by atoms with van der Waals surface area (Å²) in [5, 5.41) is 7.92. The van der Waals surface area contributed by atoms with Gasteiger partial charge in [-0.15, -0.1) is 35.3 Å². The van der Waals surface area contributed by atoms with E-state index in [1.54, 1.807) is 11.3 Å². The zero-order valence-electron chi connectivity index (χ0n) is 19.1. The second-order valence-corrected chi connectivity index (χ2v) is 9.31. The van der Waals surface area contributed by atoms with Gasteiger partial charge in [0.25, 0.3) is 0 Å². The van der Waals surface area contributed by atoms with Gasteiger partial charge in [0, 0.05) is 50.2 Å². The second kappa shape index (κ2) is 14.0. The molecular weight excluding hydrogens is 519 g/mol. The standard InChI is InChI=1S/C23H36N6S.HI/c1-4-24-23(25-11-10-22-26-16-19(2)30-22)27-17-20-6-8-21(9-7-20)18-29-13-5-12-28(3)14-15-29;/h6-9,16H,4-5,10-15,17-18H2,1-3H3,(H2,24,25,27);1H. The van der Waals surface area contributed by atoms with E-state index in [1.807, 2.05) is 6.20 Å². The van der Waals surface area contributed by atoms with Crippen LogP contribution in [0, 0.1) is 6.92 Å². The number of halogens is 1. The number of guanidine groups is 1. The molecule has 0 amide bonds. The first-order valence-corrected chi connectivity index (χ1v) is 11.9. The lowest BCUT2D eigenvalue weighted by Crippen LogP contribution is -2.38. The number of rotatable bonds is 8. The maximum atomic E-state index is 4.75. The van der Waals surface area contributed by atoms with Gasteiger partial charge in [-0.3, -0.25) is 4.90 Å². The summed E-state index contributed by atoms with van der Waals surface area (Å²) < 4.78 is 0. The van der Waals surface area contributed by atoms with Crippen LogP contribution in [0.5, 0.6) is 0 Å². The van der Waals surface area contributed by atoms with Crippen LogP contribution in [0.1, 0.15) is 34.4 Å². The highest BCUT2D eigenvalue weighted by atomic mass is 127. The Hall–Kier alpha value is -1.23. The number of benzene rings is 1. The lowest BCUT2D eigenvalue weighted by molar-refractivity contribution is 0.269. The molecule has 1 aliphatic heterocycles. The van der Waals surface area contributed by atoms with Gasteiger partial charge in [0.1, 0.15) is 0 Å². The van der Waals surface area contributed by atoms with E-state index in [0.717, 1.165) is 45.1 Å². The number of nitrogens with one attached hydrogen (secondary N) is 2. The third kappa shape index (κ3) is 9.43. The Morgan fingerprint density at radius 2 is 1.87 bits per heavy atom. The number of hydrogen-bond donors (Lipinski definition) is 2. The summed E-state index contributed by atoms with van der Waals surface area (Å²) in [6.07, 6.45) is 4.11. The first-order valence-electron chi connectivity index (χ1n) is 11.0. The Kier molecular flexibility index (Phi) is 11.8. The molecule has 8 heteroatoms. The summed E-state index contributed by atoms with van der Waals surface area (Å²) >= 11 is 1.76. The Bertz CT molecular complexity index is 792. The lowest BCUT2D eigenvalue weighted by Gasteiger charge is -2.20. The lowest BCUT2D eigenvalue weighted by atomic mass is 10.1. The van der Waals surface area contributed by atoms with Gasteiger partial charge in [-0.2, -0.15) is 0 Å². The number of aliphatic imine (C=N–C) groups is 1. The Labute approximate surface area is 208 Å². The summed E-state index contributed by atoms with van der Waals surface area (Å²) in [7, 11) is 2.22. The Morgan fingerprint density at radius 1 is 1.10 bits per heavy atom. The molecule has 0 spiro atoms.